The SMILES string of the molecule is CCCCCCCCCCCCCCC(=O)O[C@H](COP(=O)([O-])[O-])CSCCCCCCCCCOC=O.[Na+].[Na+]. The standard InChI is InChI=1S/C28H55O8PS.2Na/c1-2-3-4-5-6-7-8-9-10-12-15-18-21-28(30)36-27(24-35-37(31,32)33)25-38-23-20-17-14-11-13-16-19-22-34-26-29;;/h26-27H,2-25H2,1H3,(H2,31,32,33);;/q;2*+1/p-2/t27-;;/m1../s1. The molecule has 0 aliphatic heterocycles. The zero-order valence-electron chi connectivity index (χ0n) is 25.7. The van der Waals surface area contributed by atoms with E-state index < -0.39 is 20.5 Å². The van der Waals surface area contributed by atoms with E-state index in [2.05, 4.69) is 16.2 Å². The summed E-state index contributed by atoms with van der Waals surface area (Å²) in [4.78, 5) is 44.1. The summed E-state index contributed by atoms with van der Waals surface area (Å²) in [7, 11) is -5.11. The van der Waals surface area contributed by atoms with Gasteiger partial charge in [0.25, 0.3) is 6.47 Å². The van der Waals surface area contributed by atoms with Crippen molar-refractivity contribution in [1.82, 2.24) is 0 Å². The molecule has 0 saturated carbocycles. The third kappa shape index (κ3) is 37.4. The van der Waals surface area contributed by atoms with Crippen molar-refractivity contribution >= 4 is 32.0 Å². The Morgan fingerprint density at radius 1 is 0.775 bits per heavy atom. The van der Waals surface area contributed by atoms with E-state index in [0.29, 0.717) is 25.3 Å². The van der Waals surface area contributed by atoms with Crippen LogP contribution in [0, 0.1) is 0 Å². The minimum atomic E-state index is -5.11. The van der Waals surface area contributed by atoms with Gasteiger partial charge in [0.1, 0.15) is 6.10 Å². The number of carbonyl (C=O) groups excluding carboxylic acids is 2. The van der Waals surface area contributed by atoms with Crippen LogP contribution < -0.4 is 68.9 Å². The van der Waals surface area contributed by atoms with Crippen molar-refractivity contribution in [2.75, 3.05) is 24.7 Å². The van der Waals surface area contributed by atoms with E-state index >= 15 is 0 Å². The van der Waals surface area contributed by atoms with Gasteiger partial charge in [-0.25, -0.2) is 0 Å². The first-order valence-corrected chi connectivity index (χ1v) is 17.5. The van der Waals surface area contributed by atoms with Crippen molar-refractivity contribution in [2.45, 2.75) is 141 Å². The van der Waals surface area contributed by atoms with Crippen molar-refractivity contribution in [3.8, 4) is 0 Å². The third-order valence-corrected chi connectivity index (χ3v) is 8.02. The van der Waals surface area contributed by atoms with Crippen LogP contribution in [0.3, 0.4) is 0 Å². The number of rotatable bonds is 30. The average Bonchev–Trinajstić information content (AvgIpc) is 2.88. The first-order valence-electron chi connectivity index (χ1n) is 14.9. The van der Waals surface area contributed by atoms with Crippen molar-refractivity contribution in [3.63, 3.8) is 0 Å². The number of ether oxygens (including phenoxy) is 2. The average molecular weight is 627 g/mol. The summed E-state index contributed by atoms with van der Waals surface area (Å²) in [5.74, 6) is 0.907. The van der Waals surface area contributed by atoms with Crippen LogP contribution in [0.25, 0.3) is 0 Å². The molecule has 0 aromatic heterocycles. The fraction of sp³-hybridized carbons (Fsp3) is 0.929. The van der Waals surface area contributed by atoms with E-state index in [1.54, 1.807) is 11.8 Å². The number of esters is 1. The molecule has 0 N–H and O–H groups in total. The molecule has 12 heteroatoms. The molecule has 0 aromatic rings. The summed E-state index contributed by atoms with van der Waals surface area (Å²) in [5.41, 5.74) is 0. The Labute approximate surface area is 292 Å². The van der Waals surface area contributed by atoms with Crippen molar-refractivity contribution in [3.05, 3.63) is 0 Å². The summed E-state index contributed by atoms with van der Waals surface area (Å²) in [6.07, 6.45) is 21.6. The van der Waals surface area contributed by atoms with Gasteiger partial charge in [-0.05, 0) is 25.0 Å². The van der Waals surface area contributed by atoms with Crippen LogP contribution in [0.4, 0.5) is 0 Å². The van der Waals surface area contributed by atoms with Crippen LogP contribution in [0.5, 0.6) is 0 Å². The number of phosphoric acid groups is 1. The molecule has 0 aromatic carbocycles. The second-order valence-corrected chi connectivity index (χ2v) is 12.3. The molecular weight excluding hydrogens is 573 g/mol. The van der Waals surface area contributed by atoms with Crippen LogP contribution in [0.15, 0.2) is 0 Å². The van der Waals surface area contributed by atoms with Crippen LogP contribution >= 0.6 is 19.6 Å². The molecule has 0 rings (SSSR count). The molecule has 0 spiro atoms. The van der Waals surface area contributed by atoms with Crippen LogP contribution in [0.1, 0.15) is 135 Å². The smallest absolute Gasteiger partial charge is 0.790 e. The van der Waals surface area contributed by atoms with E-state index in [9.17, 15) is 23.9 Å². The largest absolute Gasteiger partial charge is 1.00 e. The van der Waals surface area contributed by atoms with Gasteiger partial charge in [0.05, 0.1) is 21.0 Å². The maximum absolute atomic E-state index is 12.2. The fourth-order valence-electron chi connectivity index (χ4n) is 4.18. The number of phosphoric ester groups is 1. The number of thioether (sulfide) groups is 1. The Balaban J connectivity index is -0.00000684. The second kappa shape index (κ2) is 34.9. The van der Waals surface area contributed by atoms with E-state index in [-0.39, 0.29) is 65.1 Å². The van der Waals surface area contributed by atoms with Gasteiger partial charge in [-0.3, -0.25) is 9.59 Å². The number of hydrogen-bond acceptors (Lipinski definition) is 9. The van der Waals surface area contributed by atoms with Gasteiger partial charge in [0, 0.05) is 12.2 Å². The molecule has 0 aliphatic carbocycles. The molecule has 0 radical (unpaired) electrons. The molecule has 1 atom stereocenters. The monoisotopic (exact) mass is 626 g/mol. The molecule has 0 heterocycles. The summed E-state index contributed by atoms with van der Waals surface area (Å²) in [6, 6.07) is 0. The summed E-state index contributed by atoms with van der Waals surface area (Å²) >= 11 is 1.58. The molecule has 0 amide bonds. The van der Waals surface area contributed by atoms with Crippen LogP contribution in [-0.2, 0) is 28.2 Å². The van der Waals surface area contributed by atoms with Gasteiger partial charge in [0.15, 0.2) is 0 Å². The Morgan fingerprint density at radius 2 is 1.25 bits per heavy atom. The maximum Gasteiger partial charge on any atom is 1.00 e. The van der Waals surface area contributed by atoms with E-state index in [0.717, 1.165) is 70.0 Å². The Kier molecular flexibility index (Phi) is 40.0. The second-order valence-electron chi connectivity index (χ2n) is 10.0. The first-order chi connectivity index (χ1) is 18.4. The van der Waals surface area contributed by atoms with Crippen molar-refractivity contribution in [2.24, 2.45) is 0 Å². The summed E-state index contributed by atoms with van der Waals surface area (Å²) in [5, 5.41) is 0. The fourth-order valence-corrected chi connectivity index (χ4v) is 5.53. The van der Waals surface area contributed by atoms with Gasteiger partial charge >= 0.3 is 65.1 Å². The zero-order chi connectivity index (χ0) is 28.2. The topological polar surface area (TPSA) is 125 Å². The maximum atomic E-state index is 12.2. The third-order valence-electron chi connectivity index (χ3n) is 6.37. The Morgan fingerprint density at radius 3 is 1.75 bits per heavy atom. The number of hydrogen-bond donors (Lipinski definition) is 0. The normalized spacial score (nSPS) is 11.8. The van der Waals surface area contributed by atoms with Crippen LogP contribution in [-0.4, -0.2) is 43.3 Å². The molecule has 0 unspecified atom stereocenters. The number of carbonyl (C=O) groups is 2. The van der Waals surface area contributed by atoms with Crippen molar-refractivity contribution in [1.29, 1.82) is 0 Å². The van der Waals surface area contributed by atoms with Gasteiger partial charge in [-0.1, -0.05) is 110 Å². The van der Waals surface area contributed by atoms with Crippen LogP contribution in [0.2, 0.25) is 0 Å². The zero-order valence-corrected chi connectivity index (χ0v) is 31.5. The Bertz CT molecular complexity index is 599. The minimum absolute atomic E-state index is 0. The van der Waals surface area contributed by atoms with E-state index in [1.165, 1.54) is 57.8 Å². The van der Waals surface area contributed by atoms with Gasteiger partial charge in [-0.15, -0.1) is 0 Å². The number of unbranched alkanes of at least 4 members (excludes halogenated alkanes) is 17. The quantitative estimate of drug-likeness (QED) is 0.0368. The van der Waals surface area contributed by atoms with Gasteiger partial charge < -0.3 is 28.3 Å². The first kappa shape index (κ1) is 45.8. The molecule has 0 aliphatic rings. The molecule has 0 bridgehead atoms. The molecule has 0 saturated heterocycles. The minimum Gasteiger partial charge on any atom is -0.790 e. The Hall–Kier alpha value is 1.40. The van der Waals surface area contributed by atoms with Crippen molar-refractivity contribution < 1.29 is 97.1 Å². The predicted molar refractivity (Wildman–Crippen MR) is 151 cm³/mol. The summed E-state index contributed by atoms with van der Waals surface area (Å²) < 4.78 is 25.4. The van der Waals surface area contributed by atoms with E-state index in [4.69, 9.17) is 4.74 Å². The molecule has 226 valence electrons. The molecular formula is C28H53Na2O8PS. The molecule has 0 fully saturated rings. The predicted octanol–water partition coefficient (Wildman–Crippen LogP) is 0.480. The van der Waals surface area contributed by atoms with Gasteiger partial charge in [0.2, 0.25) is 0 Å². The summed E-state index contributed by atoms with van der Waals surface area (Å²) in [6.45, 7) is 2.79. The van der Waals surface area contributed by atoms with Gasteiger partial charge in [-0.2, -0.15) is 11.8 Å². The molecule has 40 heavy (non-hydrogen) atoms. The van der Waals surface area contributed by atoms with E-state index in [1.807, 2.05) is 0 Å². The molecule has 8 nitrogen and oxygen atoms in total.